The Kier molecular flexibility index (Phi) is 3.70. The smallest absolute Gasteiger partial charge is 0.277 e. The van der Waals surface area contributed by atoms with Crippen molar-refractivity contribution in [3.05, 3.63) is 27.3 Å². The zero-order valence-corrected chi connectivity index (χ0v) is 9.98. The zero-order valence-electron chi connectivity index (χ0n) is 7.82. The van der Waals surface area contributed by atoms with Gasteiger partial charge in [-0.1, -0.05) is 0 Å². The Balaban J connectivity index is 2.97. The van der Waals surface area contributed by atoms with E-state index in [-0.39, 0.29) is 11.7 Å². The van der Waals surface area contributed by atoms with E-state index in [0.717, 1.165) is 5.06 Å². The van der Waals surface area contributed by atoms with Gasteiger partial charge in [-0.25, -0.2) is 5.06 Å². The molecule has 0 aromatic heterocycles. The second-order valence-corrected chi connectivity index (χ2v) is 3.81. The lowest BCUT2D eigenvalue weighted by Gasteiger charge is -2.13. The molecule has 0 aliphatic rings. The van der Waals surface area contributed by atoms with Gasteiger partial charge in [0.2, 0.25) is 0 Å². The maximum Gasteiger partial charge on any atom is 0.277 e. The number of hydrogen-bond acceptors (Lipinski definition) is 3. The van der Waals surface area contributed by atoms with Crippen molar-refractivity contribution in [2.45, 2.75) is 0 Å². The minimum atomic E-state index is -0.245. The number of carbonyl (C=O) groups excluding carboxylic acids is 1. The maximum absolute atomic E-state index is 11.6. The highest BCUT2D eigenvalue weighted by molar-refractivity contribution is 14.1. The van der Waals surface area contributed by atoms with Gasteiger partial charge in [0.25, 0.3) is 5.91 Å². The van der Waals surface area contributed by atoms with Gasteiger partial charge >= 0.3 is 0 Å². The van der Waals surface area contributed by atoms with Crippen LogP contribution in [-0.2, 0) is 4.84 Å². The highest BCUT2D eigenvalue weighted by atomic mass is 127. The number of nitrogens with zero attached hydrogens (tertiary/aromatic N) is 1. The molecule has 0 fully saturated rings. The van der Waals surface area contributed by atoms with E-state index in [1.165, 1.54) is 20.2 Å². The van der Waals surface area contributed by atoms with Crippen LogP contribution in [0.4, 0.5) is 0 Å². The summed E-state index contributed by atoms with van der Waals surface area (Å²) in [6.45, 7) is 0. The SMILES string of the molecule is CON(C)C(=O)c1ccc(O)c(I)c1. The summed E-state index contributed by atoms with van der Waals surface area (Å²) in [6, 6.07) is 4.64. The second kappa shape index (κ2) is 4.61. The molecule has 14 heavy (non-hydrogen) atoms. The van der Waals surface area contributed by atoms with Crippen LogP contribution in [0.5, 0.6) is 5.75 Å². The van der Waals surface area contributed by atoms with Gasteiger partial charge in [-0.3, -0.25) is 9.63 Å². The molecule has 1 aromatic rings. The lowest BCUT2D eigenvalue weighted by molar-refractivity contribution is -0.0757. The zero-order chi connectivity index (χ0) is 10.7. The number of phenolic OH excluding ortho intramolecular Hbond substituents is 1. The molecule has 0 saturated carbocycles. The van der Waals surface area contributed by atoms with Gasteiger partial charge in [0.05, 0.1) is 10.7 Å². The minimum absolute atomic E-state index is 0.169. The van der Waals surface area contributed by atoms with Crippen molar-refractivity contribution in [1.29, 1.82) is 0 Å². The number of rotatable bonds is 2. The summed E-state index contributed by atoms with van der Waals surface area (Å²) in [5.74, 6) is -0.0763. The van der Waals surface area contributed by atoms with Crippen molar-refractivity contribution in [3.8, 4) is 5.75 Å². The van der Waals surface area contributed by atoms with Crippen LogP contribution in [0.15, 0.2) is 18.2 Å². The lowest BCUT2D eigenvalue weighted by atomic mass is 10.2. The Morgan fingerprint density at radius 2 is 2.21 bits per heavy atom. The standard InChI is InChI=1S/C9H10INO3/c1-11(14-2)9(13)6-3-4-8(12)7(10)5-6/h3-5,12H,1-2H3. The van der Waals surface area contributed by atoms with Crippen LogP contribution >= 0.6 is 22.6 Å². The lowest BCUT2D eigenvalue weighted by Crippen LogP contribution is -2.25. The summed E-state index contributed by atoms with van der Waals surface area (Å²) < 4.78 is 0.637. The van der Waals surface area contributed by atoms with E-state index in [1.807, 2.05) is 22.6 Å². The number of benzene rings is 1. The van der Waals surface area contributed by atoms with Crippen LogP contribution in [-0.4, -0.2) is 30.2 Å². The predicted octanol–water partition coefficient (Wildman–Crippen LogP) is 1.63. The van der Waals surface area contributed by atoms with Crippen LogP contribution in [0.3, 0.4) is 0 Å². The van der Waals surface area contributed by atoms with Crippen molar-refractivity contribution in [2.24, 2.45) is 0 Å². The number of hydroxylamine groups is 2. The largest absolute Gasteiger partial charge is 0.507 e. The molecule has 1 rings (SSSR count). The number of aromatic hydroxyl groups is 1. The normalized spacial score (nSPS) is 9.93. The van der Waals surface area contributed by atoms with Gasteiger partial charge in [0.15, 0.2) is 0 Å². The van der Waals surface area contributed by atoms with Crippen molar-refractivity contribution < 1.29 is 14.7 Å². The molecule has 1 amide bonds. The van der Waals surface area contributed by atoms with E-state index in [9.17, 15) is 9.90 Å². The molecule has 0 atom stereocenters. The van der Waals surface area contributed by atoms with Gasteiger partial charge in [0.1, 0.15) is 5.75 Å². The molecule has 0 bridgehead atoms. The molecule has 1 aromatic carbocycles. The molecule has 0 aliphatic carbocycles. The number of phenols is 1. The fourth-order valence-electron chi connectivity index (χ4n) is 0.905. The molecule has 0 unspecified atom stereocenters. The van der Waals surface area contributed by atoms with E-state index >= 15 is 0 Å². The van der Waals surface area contributed by atoms with Crippen LogP contribution in [0.2, 0.25) is 0 Å². The molecule has 4 nitrogen and oxygen atoms in total. The first-order chi connectivity index (χ1) is 6.56. The third-order valence-corrected chi connectivity index (χ3v) is 2.62. The number of hydrogen-bond donors (Lipinski definition) is 1. The molecule has 76 valence electrons. The average Bonchev–Trinajstić information content (AvgIpc) is 2.20. The predicted molar refractivity (Wildman–Crippen MR) is 59.9 cm³/mol. The first kappa shape index (κ1) is 11.3. The molecule has 0 spiro atoms. The van der Waals surface area contributed by atoms with Gasteiger partial charge in [0, 0.05) is 12.6 Å². The first-order valence-electron chi connectivity index (χ1n) is 3.87. The quantitative estimate of drug-likeness (QED) is 0.667. The van der Waals surface area contributed by atoms with Crippen molar-refractivity contribution in [3.63, 3.8) is 0 Å². The van der Waals surface area contributed by atoms with Gasteiger partial charge in [-0.2, -0.15) is 0 Å². The Hall–Kier alpha value is -0.820. The first-order valence-corrected chi connectivity index (χ1v) is 4.95. The molecule has 0 aliphatic heterocycles. The Labute approximate surface area is 95.6 Å². The van der Waals surface area contributed by atoms with Crippen molar-refractivity contribution in [2.75, 3.05) is 14.2 Å². The van der Waals surface area contributed by atoms with E-state index in [4.69, 9.17) is 4.84 Å². The number of carbonyl (C=O) groups is 1. The topological polar surface area (TPSA) is 49.8 Å². The van der Waals surface area contributed by atoms with Crippen LogP contribution in [0.25, 0.3) is 0 Å². The van der Waals surface area contributed by atoms with Crippen LogP contribution < -0.4 is 0 Å². The van der Waals surface area contributed by atoms with E-state index < -0.39 is 0 Å². The molecule has 0 radical (unpaired) electrons. The summed E-state index contributed by atoms with van der Waals surface area (Å²) >= 11 is 1.96. The van der Waals surface area contributed by atoms with E-state index in [2.05, 4.69) is 0 Å². The summed E-state index contributed by atoms with van der Waals surface area (Å²) in [5, 5.41) is 10.4. The fourth-order valence-corrected chi connectivity index (χ4v) is 1.42. The second-order valence-electron chi connectivity index (χ2n) is 2.65. The van der Waals surface area contributed by atoms with Gasteiger partial charge in [-0.15, -0.1) is 0 Å². The third kappa shape index (κ3) is 2.36. The monoisotopic (exact) mass is 307 g/mol. The number of halogens is 1. The van der Waals surface area contributed by atoms with Crippen LogP contribution in [0.1, 0.15) is 10.4 Å². The Morgan fingerprint density at radius 1 is 1.57 bits per heavy atom. The van der Waals surface area contributed by atoms with E-state index in [1.54, 1.807) is 12.1 Å². The third-order valence-electron chi connectivity index (χ3n) is 1.75. The van der Waals surface area contributed by atoms with E-state index in [0.29, 0.717) is 9.13 Å². The molecule has 5 heteroatoms. The molecule has 1 N–H and O–H groups in total. The summed E-state index contributed by atoms with van der Waals surface area (Å²) in [6.07, 6.45) is 0. The number of amides is 1. The van der Waals surface area contributed by atoms with Crippen molar-refractivity contribution in [1.82, 2.24) is 5.06 Å². The van der Waals surface area contributed by atoms with Crippen molar-refractivity contribution >= 4 is 28.5 Å². The highest BCUT2D eigenvalue weighted by Crippen LogP contribution is 2.20. The molecule has 0 heterocycles. The summed E-state index contributed by atoms with van der Waals surface area (Å²) in [5.41, 5.74) is 0.483. The average molecular weight is 307 g/mol. The highest BCUT2D eigenvalue weighted by Gasteiger charge is 2.12. The summed E-state index contributed by atoms with van der Waals surface area (Å²) in [4.78, 5) is 16.3. The molecular weight excluding hydrogens is 297 g/mol. The summed E-state index contributed by atoms with van der Waals surface area (Å²) in [7, 11) is 2.95. The fraction of sp³-hybridized carbons (Fsp3) is 0.222. The van der Waals surface area contributed by atoms with Gasteiger partial charge < -0.3 is 5.11 Å². The minimum Gasteiger partial charge on any atom is -0.507 e. The van der Waals surface area contributed by atoms with Crippen LogP contribution in [0, 0.1) is 3.57 Å². The van der Waals surface area contributed by atoms with Gasteiger partial charge in [-0.05, 0) is 40.8 Å². The molecular formula is C9H10INO3. The Morgan fingerprint density at radius 3 is 2.71 bits per heavy atom. The molecule has 0 saturated heterocycles. The Bertz CT molecular complexity index is 354. The maximum atomic E-state index is 11.6.